The van der Waals surface area contributed by atoms with Gasteiger partial charge in [-0.15, -0.1) is 0 Å². The highest BCUT2D eigenvalue weighted by atomic mass is 16.5. The van der Waals surface area contributed by atoms with Crippen LogP contribution in [0.2, 0.25) is 0 Å². The van der Waals surface area contributed by atoms with E-state index in [0.29, 0.717) is 24.4 Å². The molecular weight excluding hydrogens is 330 g/mol. The monoisotopic (exact) mass is 353 g/mol. The number of anilines is 2. The normalized spacial score (nSPS) is 14.3. The molecule has 3 rings (SSSR count). The summed E-state index contributed by atoms with van der Waals surface area (Å²) in [6.07, 6.45) is 0. The van der Waals surface area contributed by atoms with Gasteiger partial charge in [0.05, 0.1) is 30.6 Å². The number of ether oxygens (including phenoxy) is 1. The molecule has 6 nitrogen and oxygen atoms in total. The number of hydrogen-bond acceptors (Lipinski definition) is 4. The van der Waals surface area contributed by atoms with Crippen molar-refractivity contribution in [2.75, 3.05) is 30.4 Å². The molecular formula is C20H23N3O3. The number of benzene rings is 2. The Labute approximate surface area is 153 Å². The lowest BCUT2D eigenvalue weighted by Gasteiger charge is -2.27. The van der Waals surface area contributed by atoms with E-state index in [0.717, 1.165) is 17.0 Å². The van der Waals surface area contributed by atoms with Gasteiger partial charge in [0.2, 0.25) is 5.91 Å². The number of amides is 2. The Hall–Kier alpha value is -3.02. The van der Waals surface area contributed by atoms with Crippen LogP contribution in [0.4, 0.5) is 11.4 Å². The standard InChI is InChI=1S/C20H23N3O3/c1-4-26-16-8-5-14(6-9-16)13(2)21-20(25)15-7-10-18-17(11-15)22-19(24)12-23(18)3/h5-11,13H,4,12H2,1-3H3,(H,21,25)(H,22,24). The third-order valence-corrected chi connectivity index (χ3v) is 4.36. The van der Waals surface area contributed by atoms with Crippen LogP contribution >= 0.6 is 0 Å². The molecule has 26 heavy (non-hydrogen) atoms. The molecule has 0 aromatic heterocycles. The van der Waals surface area contributed by atoms with E-state index in [1.807, 2.05) is 56.1 Å². The minimum atomic E-state index is -0.184. The van der Waals surface area contributed by atoms with E-state index in [9.17, 15) is 9.59 Å². The predicted molar refractivity (Wildman–Crippen MR) is 102 cm³/mol. The molecule has 0 aliphatic carbocycles. The zero-order valence-electron chi connectivity index (χ0n) is 15.2. The predicted octanol–water partition coefficient (Wildman–Crippen LogP) is 2.96. The summed E-state index contributed by atoms with van der Waals surface area (Å²) in [7, 11) is 1.85. The van der Waals surface area contributed by atoms with E-state index in [2.05, 4.69) is 10.6 Å². The molecule has 2 aromatic rings. The lowest BCUT2D eigenvalue weighted by Crippen LogP contribution is -2.35. The van der Waals surface area contributed by atoms with Crippen molar-refractivity contribution in [3.8, 4) is 5.75 Å². The minimum Gasteiger partial charge on any atom is -0.494 e. The number of nitrogens with zero attached hydrogens (tertiary/aromatic N) is 1. The molecule has 2 amide bonds. The number of hydrogen-bond donors (Lipinski definition) is 2. The lowest BCUT2D eigenvalue weighted by atomic mass is 10.1. The molecule has 2 N–H and O–H groups in total. The van der Waals surface area contributed by atoms with Gasteiger partial charge in [0.25, 0.3) is 5.91 Å². The van der Waals surface area contributed by atoms with Gasteiger partial charge in [-0.3, -0.25) is 9.59 Å². The van der Waals surface area contributed by atoms with E-state index in [4.69, 9.17) is 4.74 Å². The average Bonchev–Trinajstić information content (AvgIpc) is 2.61. The quantitative estimate of drug-likeness (QED) is 0.867. The van der Waals surface area contributed by atoms with Crippen molar-refractivity contribution in [3.63, 3.8) is 0 Å². The zero-order chi connectivity index (χ0) is 18.7. The van der Waals surface area contributed by atoms with Gasteiger partial charge in [-0.25, -0.2) is 0 Å². The second-order valence-electron chi connectivity index (χ2n) is 6.33. The highest BCUT2D eigenvalue weighted by Crippen LogP contribution is 2.29. The molecule has 0 radical (unpaired) electrons. The average molecular weight is 353 g/mol. The molecule has 1 heterocycles. The van der Waals surface area contributed by atoms with Crippen LogP contribution in [0.1, 0.15) is 35.8 Å². The summed E-state index contributed by atoms with van der Waals surface area (Å²) >= 11 is 0. The van der Waals surface area contributed by atoms with Crippen molar-refractivity contribution in [3.05, 3.63) is 53.6 Å². The van der Waals surface area contributed by atoms with E-state index >= 15 is 0 Å². The Morgan fingerprint density at radius 2 is 2.00 bits per heavy atom. The largest absolute Gasteiger partial charge is 0.494 e. The van der Waals surface area contributed by atoms with E-state index in [1.54, 1.807) is 12.1 Å². The Morgan fingerprint density at radius 3 is 2.69 bits per heavy atom. The summed E-state index contributed by atoms with van der Waals surface area (Å²) in [6.45, 7) is 4.81. The van der Waals surface area contributed by atoms with Crippen LogP contribution < -0.4 is 20.3 Å². The van der Waals surface area contributed by atoms with Crippen molar-refractivity contribution in [1.29, 1.82) is 0 Å². The summed E-state index contributed by atoms with van der Waals surface area (Å²) < 4.78 is 5.44. The lowest BCUT2D eigenvalue weighted by molar-refractivity contribution is -0.115. The van der Waals surface area contributed by atoms with E-state index < -0.39 is 0 Å². The Kier molecular flexibility index (Phi) is 5.11. The third kappa shape index (κ3) is 3.79. The van der Waals surface area contributed by atoms with Crippen LogP contribution in [0.15, 0.2) is 42.5 Å². The van der Waals surface area contributed by atoms with Crippen LogP contribution in [0.3, 0.4) is 0 Å². The molecule has 0 saturated carbocycles. The van der Waals surface area contributed by atoms with Crippen molar-refractivity contribution < 1.29 is 14.3 Å². The summed E-state index contributed by atoms with van der Waals surface area (Å²) in [5, 5.41) is 5.80. The molecule has 2 aromatic carbocycles. The van der Waals surface area contributed by atoms with Crippen molar-refractivity contribution in [2.45, 2.75) is 19.9 Å². The van der Waals surface area contributed by atoms with Crippen LogP contribution in [-0.2, 0) is 4.79 Å². The summed E-state index contributed by atoms with van der Waals surface area (Å²) in [5.41, 5.74) is 3.07. The number of carbonyl (C=O) groups excluding carboxylic acids is 2. The van der Waals surface area contributed by atoms with Crippen molar-refractivity contribution in [2.24, 2.45) is 0 Å². The van der Waals surface area contributed by atoms with Gasteiger partial charge in [-0.2, -0.15) is 0 Å². The first kappa shape index (κ1) is 17.8. The minimum absolute atomic E-state index is 0.0830. The molecule has 0 fully saturated rings. The second kappa shape index (κ2) is 7.47. The van der Waals surface area contributed by atoms with Gasteiger partial charge in [0.15, 0.2) is 0 Å². The maximum Gasteiger partial charge on any atom is 0.251 e. The molecule has 136 valence electrons. The molecule has 0 spiro atoms. The first-order valence-electron chi connectivity index (χ1n) is 8.66. The maximum atomic E-state index is 12.6. The molecule has 0 bridgehead atoms. The number of carbonyl (C=O) groups is 2. The van der Waals surface area contributed by atoms with Gasteiger partial charge >= 0.3 is 0 Å². The third-order valence-electron chi connectivity index (χ3n) is 4.36. The fourth-order valence-corrected chi connectivity index (χ4v) is 2.98. The van der Waals surface area contributed by atoms with E-state index in [1.165, 1.54) is 0 Å². The molecule has 1 aliphatic heterocycles. The zero-order valence-corrected chi connectivity index (χ0v) is 15.2. The number of nitrogens with one attached hydrogen (secondary N) is 2. The van der Waals surface area contributed by atoms with Gasteiger partial charge < -0.3 is 20.3 Å². The summed E-state index contributed by atoms with van der Waals surface area (Å²) in [5.74, 6) is 0.543. The van der Waals surface area contributed by atoms with Gasteiger partial charge in [0.1, 0.15) is 5.75 Å². The van der Waals surface area contributed by atoms with Crippen molar-refractivity contribution in [1.82, 2.24) is 5.32 Å². The van der Waals surface area contributed by atoms with Crippen LogP contribution in [0, 0.1) is 0 Å². The molecule has 6 heteroatoms. The van der Waals surface area contributed by atoms with Gasteiger partial charge in [-0.1, -0.05) is 12.1 Å². The van der Waals surface area contributed by atoms with Crippen molar-refractivity contribution >= 4 is 23.2 Å². The Bertz CT molecular complexity index is 818. The Morgan fingerprint density at radius 1 is 1.27 bits per heavy atom. The SMILES string of the molecule is CCOc1ccc(C(C)NC(=O)c2ccc3c(c2)NC(=O)CN3C)cc1. The number of likely N-dealkylation sites (N-methyl/N-ethyl adjacent to an activating group) is 1. The highest BCUT2D eigenvalue weighted by Gasteiger charge is 2.21. The topological polar surface area (TPSA) is 70.7 Å². The van der Waals surface area contributed by atoms with Crippen LogP contribution in [-0.4, -0.2) is 32.0 Å². The van der Waals surface area contributed by atoms with Gasteiger partial charge in [0, 0.05) is 12.6 Å². The summed E-state index contributed by atoms with van der Waals surface area (Å²) in [4.78, 5) is 26.1. The first-order chi connectivity index (χ1) is 12.5. The Balaban J connectivity index is 1.71. The fourth-order valence-electron chi connectivity index (χ4n) is 2.98. The van der Waals surface area contributed by atoms with Gasteiger partial charge in [-0.05, 0) is 49.7 Å². The number of rotatable bonds is 5. The smallest absolute Gasteiger partial charge is 0.251 e. The number of fused-ring (bicyclic) bond motifs is 1. The molecule has 1 aliphatic rings. The molecule has 0 saturated heterocycles. The molecule has 1 unspecified atom stereocenters. The summed E-state index contributed by atoms with van der Waals surface area (Å²) in [6, 6.07) is 12.9. The van der Waals surface area contributed by atoms with E-state index in [-0.39, 0.29) is 17.9 Å². The maximum absolute atomic E-state index is 12.6. The van der Waals surface area contributed by atoms with Crippen LogP contribution in [0.5, 0.6) is 5.75 Å². The fraction of sp³-hybridized carbons (Fsp3) is 0.300. The molecule has 1 atom stereocenters. The first-order valence-corrected chi connectivity index (χ1v) is 8.66. The van der Waals surface area contributed by atoms with Crippen LogP contribution in [0.25, 0.3) is 0 Å². The second-order valence-corrected chi connectivity index (χ2v) is 6.33. The highest BCUT2D eigenvalue weighted by molar-refractivity contribution is 6.03.